The van der Waals surface area contributed by atoms with Crippen molar-refractivity contribution >= 4 is 18.0 Å². The van der Waals surface area contributed by atoms with Crippen molar-refractivity contribution in [3.63, 3.8) is 0 Å². The molecule has 17 heavy (non-hydrogen) atoms. The summed E-state index contributed by atoms with van der Waals surface area (Å²) >= 11 is 0. The number of rotatable bonds is 6. The van der Waals surface area contributed by atoms with Gasteiger partial charge in [0.1, 0.15) is 0 Å². The maximum atomic E-state index is 11.4. The summed E-state index contributed by atoms with van der Waals surface area (Å²) in [5.41, 5.74) is 1.26. The van der Waals surface area contributed by atoms with Crippen LogP contribution in [0.1, 0.15) is 15.9 Å². The van der Waals surface area contributed by atoms with Crippen LogP contribution in [0, 0.1) is 4.91 Å². The van der Waals surface area contributed by atoms with E-state index >= 15 is 0 Å². The van der Waals surface area contributed by atoms with E-state index in [0.717, 1.165) is 5.56 Å². The highest BCUT2D eigenvalue weighted by atomic mass is 16.8. The Balaban J connectivity index is 3.04. The molecule has 0 N–H and O–H groups in total. The second kappa shape index (κ2) is 6.55. The van der Waals surface area contributed by atoms with Crippen molar-refractivity contribution in [3.8, 4) is 0 Å². The van der Waals surface area contributed by atoms with Gasteiger partial charge in [0.25, 0.3) is 4.92 Å². The van der Waals surface area contributed by atoms with Crippen LogP contribution in [0.3, 0.4) is 0 Å². The number of hydrogen-bond acceptors (Lipinski definition) is 4. The van der Waals surface area contributed by atoms with Crippen LogP contribution in [-0.2, 0) is 9.57 Å². The van der Waals surface area contributed by atoms with Crippen LogP contribution < -0.4 is 0 Å². The average Bonchev–Trinajstić information content (AvgIpc) is 2.38. The van der Waals surface area contributed by atoms with Crippen molar-refractivity contribution in [2.24, 2.45) is 0 Å². The Labute approximate surface area is 99.2 Å². The minimum absolute atomic E-state index is 0.182. The first-order valence-electron chi connectivity index (χ1n) is 4.99. The Kier molecular flexibility index (Phi) is 5.03. The summed E-state index contributed by atoms with van der Waals surface area (Å²) < 4.78 is 4.87. The summed E-state index contributed by atoms with van der Waals surface area (Å²) in [6.45, 7) is 0.482. The topological polar surface area (TPSA) is 55.6 Å². The summed E-state index contributed by atoms with van der Waals surface area (Å²) in [6, 6.07) is 4.88. The van der Waals surface area contributed by atoms with Gasteiger partial charge in [0.05, 0.1) is 17.1 Å². The van der Waals surface area contributed by atoms with E-state index in [9.17, 15) is 9.70 Å². The zero-order valence-corrected chi connectivity index (χ0v) is 9.75. The Morgan fingerprint density at radius 1 is 1.35 bits per heavy atom. The fraction of sp³-hybridized carbons (Fsp3) is 0.250. The van der Waals surface area contributed by atoms with Crippen LogP contribution in [0.25, 0.3) is 6.08 Å². The fourth-order valence-corrected chi connectivity index (χ4v) is 1.30. The first-order valence-corrected chi connectivity index (χ1v) is 4.99. The fourth-order valence-electron chi connectivity index (χ4n) is 1.30. The molecule has 0 amide bonds. The third-order valence-corrected chi connectivity index (χ3v) is 2.12. The van der Waals surface area contributed by atoms with Crippen molar-refractivity contribution in [1.82, 2.24) is 0 Å². The van der Waals surface area contributed by atoms with E-state index in [-0.39, 0.29) is 11.3 Å². The first kappa shape index (κ1) is 13.1. The Hall–Kier alpha value is -2.01. The SMILES string of the molecule is COCC=Cc1ccc(C=O)c([N+](=O)OC)c1. The summed E-state index contributed by atoms with van der Waals surface area (Å²) in [7, 11) is 2.84. The molecule has 0 heterocycles. The number of ether oxygens (including phenoxy) is 1. The van der Waals surface area contributed by atoms with Gasteiger partial charge in [-0.05, 0) is 11.6 Å². The number of methoxy groups -OCH3 is 1. The third-order valence-electron chi connectivity index (χ3n) is 2.12. The lowest BCUT2D eigenvalue weighted by molar-refractivity contribution is -0.736. The highest BCUT2D eigenvalue weighted by Crippen LogP contribution is 2.20. The molecule has 90 valence electrons. The van der Waals surface area contributed by atoms with Crippen LogP contribution in [-0.4, -0.2) is 32.0 Å². The van der Waals surface area contributed by atoms with Gasteiger partial charge in [-0.3, -0.25) is 4.79 Å². The van der Waals surface area contributed by atoms with E-state index in [1.54, 1.807) is 31.4 Å². The number of benzene rings is 1. The van der Waals surface area contributed by atoms with E-state index < -0.39 is 0 Å². The van der Waals surface area contributed by atoms with E-state index in [0.29, 0.717) is 17.8 Å². The summed E-state index contributed by atoms with van der Waals surface area (Å²) in [4.78, 5) is 27.0. The maximum absolute atomic E-state index is 11.4. The third kappa shape index (κ3) is 3.49. The molecule has 0 fully saturated rings. The van der Waals surface area contributed by atoms with Crippen molar-refractivity contribution in [3.05, 3.63) is 40.3 Å². The van der Waals surface area contributed by atoms with E-state index in [1.807, 2.05) is 6.08 Å². The van der Waals surface area contributed by atoms with Crippen molar-refractivity contribution in [1.29, 1.82) is 0 Å². The standard InChI is InChI=1S/C12H14NO4/c1-16-7-3-4-10-5-6-11(9-14)12(8-10)13(15)17-2/h3-6,8-9H,7H2,1-2H3/q+1. The van der Waals surface area contributed by atoms with E-state index in [4.69, 9.17) is 4.74 Å². The van der Waals surface area contributed by atoms with Gasteiger partial charge in [-0.1, -0.05) is 18.2 Å². The van der Waals surface area contributed by atoms with Gasteiger partial charge >= 0.3 is 5.69 Å². The van der Waals surface area contributed by atoms with Crippen LogP contribution in [0.4, 0.5) is 5.69 Å². The van der Waals surface area contributed by atoms with Gasteiger partial charge in [-0.25, -0.2) is 4.84 Å². The van der Waals surface area contributed by atoms with Gasteiger partial charge in [0, 0.05) is 13.2 Å². The molecule has 0 aliphatic carbocycles. The molecule has 5 nitrogen and oxygen atoms in total. The number of carbonyl (C=O) groups is 1. The van der Waals surface area contributed by atoms with E-state index in [1.165, 1.54) is 7.11 Å². The molecule has 0 aliphatic heterocycles. The van der Waals surface area contributed by atoms with Gasteiger partial charge in [-0.2, -0.15) is 0 Å². The smallest absolute Gasteiger partial charge is 0.327 e. The highest BCUT2D eigenvalue weighted by Gasteiger charge is 2.20. The first-order chi connectivity index (χ1) is 8.22. The second-order valence-corrected chi connectivity index (χ2v) is 3.23. The molecule has 0 saturated heterocycles. The molecule has 0 atom stereocenters. The molecule has 0 bridgehead atoms. The second-order valence-electron chi connectivity index (χ2n) is 3.23. The van der Waals surface area contributed by atoms with Crippen molar-refractivity contribution < 1.29 is 19.3 Å². The van der Waals surface area contributed by atoms with Crippen LogP contribution in [0.15, 0.2) is 24.3 Å². The number of hydrogen-bond donors (Lipinski definition) is 0. The monoisotopic (exact) mass is 236 g/mol. The minimum atomic E-state index is 0.182. The predicted molar refractivity (Wildman–Crippen MR) is 63.0 cm³/mol. The zero-order chi connectivity index (χ0) is 12.7. The average molecular weight is 236 g/mol. The number of nitrogens with zero attached hydrogens (tertiary/aromatic N) is 1. The number of carbonyl (C=O) groups excluding carboxylic acids is 1. The predicted octanol–water partition coefficient (Wildman–Crippen LogP) is 2.13. The van der Waals surface area contributed by atoms with Gasteiger partial charge in [-0.15, -0.1) is 0 Å². The molecular formula is C12H14NO4+. The van der Waals surface area contributed by atoms with E-state index in [2.05, 4.69) is 4.84 Å². The molecular weight excluding hydrogens is 222 g/mol. The molecule has 0 saturated carbocycles. The molecule has 0 aliphatic rings. The number of aldehydes is 1. The Morgan fingerprint density at radius 3 is 2.71 bits per heavy atom. The quantitative estimate of drug-likeness (QED) is 0.561. The van der Waals surface area contributed by atoms with Crippen molar-refractivity contribution in [2.45, 2.75) is 0 Å². The van der Waals surface area contributed by atoms with Crippen molar-refractivity contribution in [2.75, 3.05) is 20.8 Å². The Morgan fingerprint density at radius 2 is 2.12 bits per heavy atom. The van der Waals surface area contributed by atoms with Crippen LogP contribution in [0.2, 0.25) is 0 Å². The molecule has 0 spiro atoms. The summed E-state index contributed by atoms with van der Waals surface area (Å²) in [5, 5.41) is 0. The molecule has 0 radical (unpaired) electrons. The van der Waals surface area contributed by atoms with Gasteiger partial charge in [0.15, 0.2) is 13.4 Å². The summed E-state index contributed by atoms with van der Waals surface area (Å²) in [5.74, 6) is 0. The molecule has 0 aromatic heterocycles. The Bertz CT molecular complexity index is 440. The lowest BCUT2D eigenvalue weighted by Gasteiger charge is -1.96. The molecule has 0 unspecified atom stereocenters. The maximum Gasteiger partial charge on any atom is 0.327 e. The normalized spacial score (nSPS) is 10.5. The molecule has 5 heteroatoms. The highest BCUT2D eigenvalue weighted by molar-refractivity contribution is 5.82. The molecule has 1 aromatic carbocycles. The molecule has 1 aromatic rings. The largest absolute Gasteiger partial charge is 0.381 e. The van der Waals surface area contributed by atoms with Crippen LogP contribution in [0.5, 0.6) is 0 Å². The summed E-state index contributed by atoms with van der Waals surface area (Å²) in [6.07, 6.45) is 4.22. The molecule has 1 rings (SSSR count). The van der Waals surface area contributed by atoms with Gasteiger partial charge < -0.3 is 4.74 Å². The van der Waals surface area contributed by atoms with Crippen LogP contribution >= 0.6 is 0 Å². The zero-order valence-electron chi connectivity index (χ0n) is 9.75. The van der Waals surface area contributed by atoms with Gasteiger partial charge in [0.2, 0.25) is 0 Å². The lowest BCUT2D eigenvalue weighted by Crippen LogP contribution is -2.01. The minimum Gasteiger partial charge on any atom is -0.381 e. The lowest BCUT2D eigenvalue weighted by atomic mass is 10.1.